The van der Waals surface area contributed by atoms with Crippen molar-refractivity contribution >= 4 is 40.6 Å². The highest BCUT2D eigenvalue weighted by Gasteiger charge is 2.26. The first-order valence-electron chi connectivity index (χ1n) is 9.94. The van der Waals surface area contributed by atoms with Gasteiger partial charge in [0.2, 0.25) is 10.6 Å². The van der Waals surface area contributed by atoms with Crippen molar-refractivity contribution in [3.05, 3.63) is 39.2 Å². The Labute approximate surface area is 188 Å². The Kier molecular flexibility index (Phi) is 10.4. The summed E-state index contributed by atoms with van der Waals surface area (Å²) in [6.45, 7) is 5.97. The van der Waals surface area contributed by atoms with Crippen LogP contribution in [0.25, 0.3) is 0 Å². The van der Waals surface area contributed by atoms with Gasteiger partial charge in [-0.15, -0.1) is 0 Å². The highest BCUT2D eigenvalue weighted by Crippen LogP contribution is 2.25. The fourth-order valence-corrected chi connectivity index (χ4v) is 3.95. The van der Waals surface area contributed by atoms with Gasteiger partial charge in [-0.2, -0.15) is 0 Å². The standard InChI is InChI=1S/C13H20ClN3O.C7H8Cl2N2/c1-3-5-10-8-12(16-13(14)15-10)17-7-4-6-11(17)9-18-2;1-2-3-5-4-6(8)11-7(9)10-5/h8,11H,3-7,9H2,1-2H3;4H,2-3H2,1H3/t11-;/m0./s1. The zero-order valence-corrected chi connectivity index (χ0v) is 19.4. The number of anilines is 1. The lowest BCUT2D eigenvalue weighted by Gasteiger charge is -2.25. The number of ether oxygens (including phenoxy) is 1. The number of aromatic nitrogens is 4. The third kappa shape index (κ3) is 7.85. The Balaban J connectivity index is 0.000000234. The molecule has 0 N–H and O–H groups in total. The summed E-state index contributed by atoms with van der Waals surface area (Å²) < 4.78 is 5.27. The van der Waals surface area contributed by atoms with Gasteiger partial charge in [0.25, 0.3) is 0 Å². The monoisotopic (exact) mass is 459 g/mol. The fourth-order valence-electron chi connectivity index (χ4n) is 3.30. The molecule has 3 rings (SSSR count). The molecule has 3 heterocycles. The Bertz CT molecular complexity index is 758. The van der Waals surface area contributed by atoms with Gasteiger partial charge in [-0.05, 0) is 55.0 Å². The summed E-state index contributed by atoms with van der Waals surface area (Å²) in [4.78, 5) is 18.6. The summed E-state index contributed by atoms with van der Waals surface area (Å²) in [5, 5.41) is 0.980. The Hall–Kier alpha value is -1.21. The van der Waals surface area contributed by atoms with E-state index in [2.05, 4.69) is 44.7 Å². The third-order valence-corrected chi connectivity index (χ3v) is 5.03. The highest BCUT2D eigenvalue weighted by atomic mass is 35.5. The lowest BCUT2D eigenvalue weighted by atomic mass is 10.2. The average molecular weight is 461 g/mol. The number of rotatable bonds is 7. The predicted molar refractivity (Wildman–Crippen MR) is 119 cm³/mol. The zero-order chi connectivity index (χ0) is 21.2. The molecule has 160 valence electrons. The van der Waals surface area contributed by atoms with Crippen molar-refractivity contribution in [3.8, 4) is 0 Å². The third-order valence-electron chi connectivity index (χ3n) is 4.50. The highest BCUT2D eigenvalue weighted by molar-refractivity contribution is 6.31. The van der Waals surface area contributed by atoms with E-state index in [0.29, 0.717) is 16.5 Å². The minimum atomic E-state index is 0.223. The first-order chi connectivity index (χ1) is 14.0. The van der Waals surface area contributed by atoms with Crippen LogP contribution in [0.15, 0.2) is 12.1 Å². The Morgan fingerprint density at radius 1 is 0.966 bits per heavy atom. The Morgan fingerprint density at radius 3 is 2.17 bits per heavy atom. The molecule has 0 aliphatic carbocycles. The Morgan fingerprint density at radius 2 is 1.59 bits per heavy atom. The van der Waals surface area contributed by atoms with Crippen LogP contribution in [0.2, 0.25) is 15.7 Å². The van der Waals surface area contributed by atoms with Gasteiger partial charge in [0.05, 0.1) is 12.6 Å². The number of nitrogens with zero attached hydrogens (tertiary/aromatic N) is 5. The molecule has 2 aromatic rings. The molecule has 1 aliphatic heterocycles. The molecular formula is C20H28Cl3N5O. The molecule has 2 aromatic heterocycles. The second-order valence-electron chi connectivity index (χ2n) is 6.88. The molecule has 0 amide bonds. The van der Waals surface area contributed by atoms with Gasteiger partial charge in [0, 0.05) is 31.1 Å². The van der Waals surface area contributed by atoms with E-state index >= 15 is 0 Å². The molecule has 1 saturated heterocycles. The summed E-state index contributed by atoms with van der Waals surface area (Å²) in [5.41, 5.74) is 1.92. The van der Waals surface area contributed by atoms with Gasteiger partial charge < -0.3 is 9.64 Å². The van der Waals surface area contributed by atoms with Gasteiger partial charge in [-0.25, -0.2) is 19.9 Å². The average Bonchev–Trinajstić information content (AvgIpc) is 3.10. The molecule has 0 spiro atoms. The van der Waals surface area contributed by atoms with E-state index in [1.165, 1.54) is 6.42 Å². The molecule has 1 atom stereocenters. The lowest BCUT2D eigenvalue weighted by Crippen LogP contribution is -2.33. The zero-order valence-electron chi connectivity index (χ0n) is 17.2. The minimum absolute atomic E-state index is 0.223. The summed E-state index contributed by atoms with van der Waals surface area (Å²) in [7, 11) is 1.74. The number of methoxy groups -OCH3 is 1. The molecule has 0 saturated carbocycles. The van der Waals surface area contributed by atoms with E-state index in [0.717, 1.165) is 62.5 Å². The van der Waals surface area contributed by atoms with Crippen LogP contribution >= 0.6 is 34.8 Å². The number of halogens is 3. The quantitative estimate of drug-likeness (QED) is 0.405. The van der Waals surface area contributed by atoms with Gasteiger partial charge in [-0.3, -0.25) is 0 Å². The lowest BCUT2D eigenvalue weighted by molar-refractivity contribution is 0.180. The predicted octanol–water partition coefficient (Wildman–Crippen LogP) is 5.43. The van der Waals surface area contributed by atoms with Crippen LogP contribution in [0, 0.1) is 0 Å². The van der Waals surface area contributed by atoms with Crippen LogP contribution in [-0.4, -0.2) is 46.2 Å². The van der Waals surface area contributed by atoms with Crippen LogP contribution < -0.4 is 4.90 Å². The molecule has 0 unspecified atom stereocenters. The molecule has 29 heavy (non-hydrogen) atoms. The molecular weight excluding hydrogens is 433 g/mol. The molecule has 1 aliphatic rings. The van der Waals surface area contributed by atoms with Crippen molar-refractivity contribution < 1.29 is 4.74 Å². The maximum atomic E-state index is 6.01. The molecule has 1 fully saturated rings. The van der Waals surface area contributed by atoms with Crippen LogP contribution in [0.4, 0.5) is 5.82 Å². The number of aryl methyl sites for hydroxylation is 2. The van der Waals surface area contributed by atoms with Gasteiger partial charge in [0.15, 0.2) is 0 Å². The smallest absolute Gasteiger partial charge is 0.224 e. The van der Waals surface area contributed by atoms with Crippen molar-refractivity contribution in [3.63, 3.8) is 0 Å². The summed E-state index contributed by atoms with van der Waals surface area (Å²) in [6, 6.07) is 4.20. The minimum Gasteiger partial charge on any atom is -0.383 e. The van der Waals surface area contributed by atoms with Gasteiger partial charge in [0.1, 0.15) is 11.0 Å². The van der Waals surface area contributed by atoms with E-state index in [9.17, 15) is 0 Å². The second kappa shape index (κ2) is 12.5. The maximum absolute atomic E-state index is 6.01. The maximum Gasteiger partial charge on any atom is 0.224 e. The second-order valence-corrected chi connectivity index (χ2v) is 7.95. The van der Waals surface area contributed by atoms with Gasteiger partial charge in [-0.1, -0.05) is 38.3 Å². The number of hydrogen-bond acceptors (Lipinski definition) is 6. The summed E-state index contributed by atoms with van der Waals surface area (Å²) >= 11 is 17.2. The van der Waals surface area contributed by atoms with Crippen molar-refractivity contribution in [1.29, 1.82) is 0 Å². The van der Waals surface area contributed by atoms with E-state index in [1.54, 1.807) is 13.2 Å². The van der Waals surface area contributed by atoms with E-state index in [1.807, 2.05) is 0 Å². The fraction of sp³-hybridized carbons (Fsp3) is 0.600. The summed E-state index contributed by atoms with van der Waals surface area (Å²) in [6.07, 6.45) is 6.26. The largest absolute Gasteiger partial charge is 0.383 e. The van der Waals surface area contributed by atoms with E-state index in [-0.39, 0.29) is 5.28 Å². The molecule has 0 bridgehead atoms. The van der Waals surface area contributed by atoms with Crippen LogP contribution in [0.3, 0.4) is 0 Å². The topological polar surface area (TPSA) is 64.0 Å². The van der Waals surface area contributed by atoms with Crippen LogP contribution in [-0.2, 0) is 17.6 Å². The van der Waals surface area contributed by atoms with Crippen LogP contribution in [0.5, 0.6) is 0 Å². The van der Waals surface area contributed by atoms with Crippen molar-refractivity contribution in [2.45, 2.75) is 58.4 Å². The van der Waals surface area contributed by atoms with E-state index < -0.39 is 0 Å². The first kappa shape index (κ1) is 24.1. The van der Waals surface area contributed by atoms with Gasteiger partial charge >= 0.3 is 0 Å². The van der Waals surface area contributed by atoms with E-state index in [4.69, 9.17) is 39.5 Å². The van der Waals surface area contributed by atoms with Crippen LogP contribution in [0.1, 0.15) is 50.9 Å². The van der Waals surface area contributed by atoms with Crippen molar-refractivity contribution in [1.82, 2.24) is 19.9 Å². The molecule has 0 aromatic carbocycles. The molecule has 0 radical (unpaired) electrons. The SMILES string of the molecule is CCCc1cc(Cl)nc(Cl)n1.CCCc1cc(N2CCC[C@H]2COC)nc(Cl)n1. The first-order valence-corrected chi connectivity index (χ1v) is 11.1. The normalized spacial score (nSPS) is 15.9. The van der Waals surface area contributed by atoms with Crippen molar-refractivity contribution in [2.24, 2.45) is 0 Å². The number of hydrogen-bond donors (Lipinski definition) is 0. The van der Waals surface area contributed by atoms with Crippen molar-refractivity contribution in [2.75, 3.05) is 25.2 Å². The molecule has 6 nitrogen and oxygen atoms in total. The molecule has 9 heteroatoms. The summed E-state index contributed by atoms with van der Waals surface area (Å²) in [5.74, 6) is 0.943.